The number of aliphatic hydroxyl groups is 1. The summed E-state index contributed by atoms with van der Waals surface area (Å²) in [6, 6.07) is 9.85. The second-order valence-corrected chi connectivity index (χ2v) is 5.23. The molecule has 102 valence electrons. The van der Waals surface area contributed by atoms with Gasteiger partial charge in [-0.1, -0.05) is 18.2 Å². The van der Waals surface area contributed by atoms with Crippen molar-refractivity contribution in [1.82, 2.24) is 5.32 Å². The molecule has 0 spiro atoms. The molecule has 0 fully saturated rings. The summed E-state index contributed by atoms with van der Waals surface area (Å²) in [5, 5.41) is 13.6. The topological polar surface area (TPSA) is 45.4 Å². The Morgan fingerprint density at radius 3 is 2.42 bits per heavy atom. The molecule has 1 aromatic carbocycles. The van der Waals surface area contributed by atoms with E-state index in [9.17, 15) is 5.11 Å². The van der Waals surface area contributed by atoms with Crippen molar-refractivity contribution in [3.8, 4) is 0 Å². The van der Waals surface area contributed by atoms with E-state index in [0.29, 0.717) is 12.3 Å². The van der Waals surface area contributed by atoms with Crippen LogP contribution in [-0.2, 0) is 12.1 Å². The number of nitrogens with one attached hydrogen (secondary N) is 1. The van der Waals surface area contributed by atoms with E-state index in [4.69, 9.17) is 4.42 Å². The third-order valence-corrected chi connectivity index (χ3v) is 3.47. The molecule has 3 nitrogen and oxygen atoms in total. The highest BCUT2D eigenvalue weighted by molar-refractivity contribution is 5.33. The minimum absolute atomic E-state index is 0.453. The van der Waals surface area contributed by atoms with E-state index < -0.39 is 5.60 Å². The van der Waals surface area contributed by atoms with Crippen LogP contribution in [0.4, 0.5) is 0 Å². The first-order valence-corrected chi connectivity index (χ1v) is 6.53. The number of aryl methyl sites for hydroxylation is 2. The maximum atomic E-state index is 10.3. The maximum absolute atomic E-state index is 10.3. The first kappa shape index (κ1) is 13.8. The Morgan fingerprint density at radius 1 is 1.16 bits per heavy atom. The maximum Gasteiger partial charge on any atom is 0.136 e. The molecule has 0 aliphatic heterocycles. The van der Waals surface area contributed by atoms with Crippen LogP contribution < -0.4 is 5.32 Å². The molecule has 0 saturated carbocycles. The summed E-state index contributed by atoms with van der Waals surface area (Å²) in [4.78, 5) is 0. The van der Waals surface area contributed by atoms with Crippen molar-refractivity contribution in [2.45, 2.75) is 32.9 Å². The third-order valence-electron chi connectivity index (χ3n) is 3.47. The van der Waals surface area contributed by atoms with Gasteiger partial charge in [0.2, 0.25) is 0 Å². The first-order valence-electron chi connectivity index (χ1n) is 6.53. The van der Waals surface area contributed by atoms with E-state index >= 15 is 0 Å². The van der Waals surface area contributed by atoms with Crippen LogP contribution in [0.25, 0.3) is 0 Å². The molecule has 0 saturated heterocycles. The van der Waals surface area contributed by atoms with Crippen LogP contribution in [0.1, 0.15) is 29.4 Å². The molecule has 2 rings (SSSR count). The van der Waals surface area contributed by atoms with Crippen LogP contribution in [-0.4, -0.2) is 11.7 Å². The lowest BCUT2D eigenvalue weighted by atomic mass is 10.0. The predicted molar refractivity (Wildman–Crippen MR) is 75.9 cm³/mol. The fraction of sp³-hybridized carbons (Fsp3) is 0.375. The van der Waals surface area contributed by atoms with Gasteiger partial charge in [0.05, 0.1) is 6.26 Å². The zero-order chi connectivity index (χ0) is 13.9. The Morgan fingerprint density at radius 2 is 1.84 bits per heavy atom. The molecule has 2 N–H and O–H groups in total. The van der Waals surface area contributed by atoms with Crippen LogP contribution in [0.5, 0.6) is 0 Å². The summed E-state index contributed by atoms with van der Waals surface area (Å²) < 4.78 is 5.26. The van der Waals surface area contributed by atoms with Crippen molar-refractivity contribution in [2.24, 2.45) is 0 Å². The van der Waals surface area contributed by atoms with Gasteiger partial charge in [-0.25, -0.2) is 0 Å². The van der Waals surface area contributed by atoms with E-state index in [-0.39, 0.29) is 0 Å². The van der Waals surface area contributed by atoms with E-state index in [2.05, 4.69) is 37.4 Å². The average Bonchev–Trinajstić information content (AvgIpc) is 2.87. The molecule has 2 aromatic rings. The SMILES string of the molecule is Cc1cccc(C)c1CNCC(C)(O)c1ccco1. The highest BCUT2D eigenvalue weighted by Gasteiger charge is 2.25. The van der Waals surface area contributed by atoms with Gasteiger partial charge in [-0.05, 0) is 49.6 Å². The van der Waals surface area contributed by atoms with Gasteiger partial charge in [-0.15, -0.1) is 0 Å². The van der Waals surface area contributed by atoms with E-state index in [0.717, 1.165) is 6.54 Å². The monoisotopic (exact) mass is 259 g/mol. The second kappa shape index (κ2) is 5.59. The number of furan rings is 1. The predicted octanol–water partition coefficient (Wildman–Crippen LogP) is 2.89. The van der Waals surface area contributed by atoms with Crippen LogP contribution in [0.3, 0.4) is 0 Å². The van der Waals surface area contributed by atoms with Crippen LogP contribution in [0, 0.1) is 13.8 Å². The molecule has 0 amide bonds. The first-order chi connectivity index (χ1) is 9.00. The van der Waals surface area contributed by atoms with Crippen LogP contribution >= 0.6 is 0 Å². The Bertz CT molecular complexity index is 509. The van der Waals surface area contributed by atoms with E-state index in [1.165, 1.54) is 16.7 Å². The molecular formula is C16H21NO2. The van der Waals surface area contributed by atoms with Gasteiger partial charge in [-0.3, -0.25) is 0 Å². The summed E-state index contributed by atoms with van der Waals surface area (Å²) in [6.45, 7) is 7.16. The number of rotatable bonds is 5. The van der Waals surface area contributed by atoms with Crippen molar-refractivity contribution >= 4 is 0 Å². The summed E-state index contributed by atoms with van der Waals surface area (Å²) in [5.74, 6) is 0.585. The largest absolute Gasteiger partial charge is 0.466 e. The van der Waals surface area contributed by atoms with Crippen LogP contribution in [0.15, 0.2) is 41.0 Å². The molecule has 3 heteroatoms. The number of hydrogen-bond donors (Lipinski definition) is 2. The molecule has 1 unspecified atom stereocenters. The van der Waals surface area contributed by atoms with Crippen molar-refractivity contribution < 1.29 is 9.52 Å². The van der Waals surface area contributed by atoms with Gasteiger partial charge >= 0.3 is 0 Å². The highest BCUT2D eigenvalue weighted by atomic mass is 16.4. The standard InChI is InChI=1S/C16H21NO2/c1-12-6-4-7-13(2)14(12)10-17-11-16(3,18)15-8-5-9-19-15/h4-9,17-18H,10-11H2,1-3H3. The summed E-state index contributed by atoms with van der Waals surface area (Å²) in [7, 11) is 0. The molecule has 1 heterocycles. The Labute approximate surface area is 114 Å². The van der Waals surface area contributed by atoms with Gasteiger partial charge in [-0.2, -0.15) is 0 Å². The van der Waals surface area contributed by atoms with Gasteiger partial charge in [0, 0.05) is 13.1 Å². The van der Waals surface area contributed by atoms with Crippen molar-refractivity contribution in [3.63, 3.8) is 0 Å². The minimum Gasteiger partial charge on any atom is -0.466 e. The van der Waals surface area contributed by atoms with E-state index in [1.54, 1.807) is 25.3 Å². The zero-order valence-corrected chi connectivity index (χ0v) is 11.7. The lowest BCUT2D eigenvalue weighted by Gasteiger charge is -2.22. The Hall–Kier alpha value is -1.58. The van der Waals surface area contributed by atoms with Crippen molar-refractivity contribution in [2.75, 3.05) is 6.54 Å². The fourth-order valence-electron chi connectivity index (χ4n) is 2.23. The smallest absolute Gasteiger partial charge is 0.136 e. The highest BCUT2D eigenvalue weighted by Crippen LogP contribution is 2.20. The van der Waals surface area contributed by atoms with Gasteiger partial charge in [0.1, 0.15) is 11.4 Å². The molecule has 0 aliphatic rings. The van der Waals surface area contributed by atoms with Crippen molar-refractivity contribution in [3.05, 3.63) is 59.0 Å². The van der Waals surface area contributed by atoms with Gasteiger partial charge < -0.3 is 14.8 Å². The fourth-order valence-corrected chi connectivity index (χ4v) is 2.23. The van der Waals surface area contributed by atoms with Gasteiger partial charge in [0.25, 0.3) is 0 Å². The Kier molecular flexibility index (Phi) is 4.08. The second-order valence-electron chi connectivity index (χ2n) is 5.23. The molecule has 0 radical (unpaired) electrons. The summed E-state index contributed by atoms with van der Waals surface area (Å²) in [5.41, 5.74) is 2.84. The Balaban J connectivity index is 1.97. The van der Waals surface area contributed by atoms with Crippen molar-refractivity contribution in [1.29, 1.82) is 0 Å². The molecular weight excluding hydrogens is 238 g/mol. The minimum atomic E-state index is -0.986. The normalized spacial score (nSPS) is 14.3. The molecule has 0 bridgehead atoms. The average molecular weight is 259 g/mol. The number of hydrogen-bond acceptors (Lipinski definition) is 3. The zero-order valence-electron chi connectivity index (χ0n) is 11.7. The molecule has 19 heavy (non-hydrogen) atoms. The van der Waals surface area contributed by atoms with E-state index in [1.807, 2.05) is 0 Å². The van der Waals surface area contributed by atoms with Crippen LogP contribution in [0.2, 0.25) is 0 Å². The number of benzene rings is 1. The molecule has 1 aromatic heterocycles. The molecule has 1 atom stereocenters. The molecule has 0 aliphatic carbocycles. The summed E-state index contributed by atoms with van der Waals surface area (Å²) >= 11 is 0. The summed E-state index contributed by atoms with van der Waals surface area (Å²) in [6.07, 6.45) is 1.58. The lowest BCUT2D eigenvalue weighted by Crippen LogP contribution is -2.35. The third kappa shape index (κ3) is 3.25. The quantitative estimate of drug-likeness (QED) is 0.868. The van der Waals surface area contributed by atoms with Gasteiger partial charge in [0.15, 0.2) is 0 Å². The lowest BCUT2D eigenvalue weighted by molar-refractivity contribution is 0.0340.